The number of likely N-dealkylation sites (tertiary alicyclic amines) is 1. The minimum atomic E-state index is -0.282. The molecule has 1 unspecified atom stereocenters. The number of rotatable bonds is 7. The molecule has 1 saturated heterocycles. The summed E-state index contributed by atoms with van der Waals surface area (Å²) in [5.74, 6) is 0.496. The van der Waals surface area contributed by atoms with E-state index in [1.807, 2.05) is 36.4 Å². The summed E-state index contributed by atoms with van der Waals surface area (Å²) in [6, 6.07) is 11.6. The molecule has 0 radical (unpaired) electrons. The van der Waals surface area contributed by atoms with Gasteiger partial charge in [-0.25, -0.2) is 0 Å². The Kier molecular flexibility index (Phi) is 5.84. The van der Waals surface area contributed by atoms with Gasteiger partial charge in [0.2, 0.25) is 11.8 Å². The van der Waals surface area contributed by atoms with Crippen molar-refractivity contribution in [2.24, 2.45) is 5.92 Å². The van der Waals surface area contributed by atoms with Crippen LogP contribution >= 0.6 is 0 Å². The number of benzene rings is 1. The molecule has 6 nitrogen and oxygen atoms in total. The van der Waals surface area contributed by atoms with Crippen LogP contribution in [0.15, 0.2) is 48.8 Å². The minimum absolute atomic E-state index is 0.0177. The summed E-state index contributed by atoms with van der Waals surface area (Å²) in [5.41, 5.74) is 2.10. The van der Waals surface area contributed by atoms with Gasteiger partial charge in [0.25, 0.3) is 0 Å². The van der Waals surface area contributed by atoms with Crippen molar-refractivity contribution in [1.82, 2.24) is 15.2 Å². The predicted octanol–water partition coefficient (Wildman–Crippen LogP) is 1.80. The fraction of sp³-hybridized carbons (Fsp3) is 0.350. The summed E-state index contributed by atoms with van der Waals surface area (Å²) < 4.78 is 5.13. The molecule has 2 heterocycles. The van der Waals surface area contributed by atoms with Crippen LogP contribution in [0.4, 0.5) is 0 Å². The van der Waals surface area contributed by atoms with Gasteiger partial charge >= 0.3 is 0 Å². The molecule has 3 rings (SSSR count). The molecule has 0 spiro atoms. The lowest BCUT2D eigenvalue weighted by Gasteiger charge is -2.16. The van der Waals surface area contributed by atoms with Crippen molar-refractivity contribution in [3.8, 4) is 5.75 Å². The van der Waals surface area contributed by atoms with Crippen LogP contribution in [0.1, 0.15) is 17.5 Å². The number of ether oxygens (including phenoxy) is 1. The van der Waals surface area contributed by atoms with Gasteiger partial charge in [-0.15, -0.1) is 0 Å². The molecule has 0 aliphatic carbocycles. The average molecular weight is 353 g/mol. The van der Waals surface area contributed by atoms with E-state index in [2.05, 4.69) is 10.3 Å². The topological polar surface area (TPSA) is 71.5 Å². The van der Waals surface area contributed by atoms with E-state index in [0.717, 1.165) is 23.3 Å². The highest BCUT2D eigenvalue weighted by molar-refractivity contribution is 5.89. The fourth-order valence-corrected chi connectivity index (χ4v) is 3.08. The first-order valence-corrected chi connectivity index (χ1v) is 8.73. The van der Waals surface area contributed by atoms with E-state index in [1.54, 1.807) is 24.4 Å². The number of hydrogen-bond donors (Lipinski definition) is 1. The first-order valence-electron chi connectivity index (χ1n) is 8.73. The van der Waals surface area contributed by atoms with Crippen molar-refractivity contribution in [2.75, 3.05) is 20.2 Å². The Bertz CT molecular complexity index is 747. The van der Waals surface area contributed by atoms with E-state index in [4.69, 9.17) is 4.74 Å². The quantitative estimate of drug-likeness (QED) is 0.824. The maximum Gasteiger partial charge on any atom is 0.225 e. The fourth-order valence-electron chi connectivity index (χ4n) is 3.08. The number of nitrogens with zero attached hydrogens (tertiary/aromatic N) is 2. The van der Waals surface area contributed by atoms with Crippen molar-refractivity contribution in [3.63, 3.8) is 0 Å². The van der Waals surface area contributed by atoms with Crippen molar-refractivity contribution in [3.05, 3.63) is 59.9 Å². The van der Waals surface area contributed by atoms with E-state index in [9.17, 15) is 9.59 Å². The average Bonchev–Trinajstić information content (AvgIpc) is 3.04. The molecule has 6 heteroatoms. The molecular weight excluding hydrogens is 330 g/mol. The highest BCUT2D eigenvalue weighted by Gasteiger charge is 2.33. The molecule has 1 aromatic heterocycles. The third-order valence-electron chi connectivity index (χ3n) is 4.55. The zero-order chi connectivity index (χ0) is 18.4. The Labute approximate surface area is 153 Å². The Morgan fingerprint density at radius 3 is 2.77 bits per heavy atom. The largest absolute Gasteiger partial charge is 0.497 e. The summed E-state index contributed by atoms with van der Waals surface area (Å²) in [7, 11) is 1.63. The molecule has 2 amide bonds. The smallest absolute Gasteiger partial charge is 0.225 e. The van der Waals surface area contributed by atoms with E-state index in [1.165, 1.54) is 0 Å². The number of hydrogen-bond acceptors (Lipinski definition) is 4. The number of nitrogens with one attached hydrogen (secondary N) is 1. The maximum absolute atomic E-state index is 12.4. The van der Waals surface area contributed by atoms with Gasteiger partial charge in [-0.1, -0.05) is 18.2 Å². The Balaban J connectivity index is 1.45. The number of methoxy groups -OCH3 is 1. The normalized spacial score (nSPS) is 16.6. The van der Waals surface area contributed by atoms with Gasteiger partial charge in [-0.3, -0.25) is 14.6 Å². The van der Waals surface area contributed by atoms with Crippen molar-refractivity contribution >= 4 is 11.8 Å². The number of carbonyl (C=O) groups excluding carboxylic acids is 2. The lowest BCUT2D eigenvalue weighted by Crippen LogP contribution is -2.34. The minimum Gasteiger partial charge on any atom is -0.497 e. The monoisotopic (exact) mass is 353 g/mol. The van der Waals surface area contributed by atoms with E-state index in [-0.39, 0.29) is 24.2 Å². The Morgan fingerprint density at radius 1 is 1.27 bits per heavy atom. The van der Waals surface area contributed by atoms with Crippen molar-refractivity contribution in [2.45, 2.75) is 19.4 Å². The van der Waals surface area contributed by atoms with E-state index < -0.39 is 0 Å². The van der Waals surface area contributed by atoms with Crippen LogP contribution in [0.2, 0.25) is 0 Å². The number of pyridine rings is 1. The van der Waals surface area contributed by atoms with Gasteiger partial charge in [-0.2, -0.15) is 0 Å². The van der Waals surface area contributed by atoms with Crippen LogP contribution in [0.3, 0.4) is 0 Å². The summed E-state index contributed by atoms with van der Waals surface area (Å²) >= 11 is 0. The van der Waals surface area contributed by atoms with E-state index in [0.29, 0.717) is 19.6 Å². The molecule has 1 aromatic carbocycles. The molecule has 136 valence electrons. The van der Waals surface area contributed by atoms with Crippen LogP contribution < -0.4 is 10.1 Å². The highest BCUT2D eigenvalue weighted by atomic mass is 16.5. The van der Waals surface area contributed by atoms with Gasteiger partial charge in [0.05, 0.1) is 13.0 Å². The first-order chi connectivity index (χ1) is 12.7. The second-order valence-electron chi connectivity index (χ2n) is 6.43. The molecule has 1 aliphatic heterocycles. The molecule has 0 saturated carbocycles. The predicted molar refractivity (Wildman–Crippen MR) is 97.5 cm³/mol. The summed E-state index contributed by atoms with van der Waals surface area (Å²) in [5, 5.41) is 2.95. The SMILES string of the molecule is COc1ccc(CCNC(=O)C2CC(=O)N(Cc3cccnc3)C2)cc1. The Morgan fingerprint density at radius 2 is 2.08 bits per heavy atom. The highest BCUT2D eigenvalue weighted by Crippen LogP contribution is 2.20. The van der Waals surface area contributed by atoms with Gasteiger partial charge < -0.3 is 15.0 Å². The van der Waals surface area contributed by atoms with Gasteiger partial charge in [0, 0.05) is 38.4 Å². The standard InChI is InChI=1S/C20H23N3O3/c1-26-18-6-4-15(5-7-18)8-10-22-20(25)17-11-19(24)23(14-17)13-16-3-2-9-21-12-16/h2-7,9,12,17H,8,10-11,13-14H2,1H3,(H,22,25). The van der Waals surface area contributed by atoms with Crippen LogP contribution in [-0.4, -0.2) is 41.9 Å². The van der Waals surface area contributed by atoms with Gasteiger partial charge in [-0.05, 0) is 35.7 Å². The van der Waals surface area contributed by atoms with Crippen LogP contribution in [0.25, 0.3) is 0 Å². The molecule has 26 heavy (non-hydrogen) atoms. The second-order valence-corrected chi connectivity index (χ2v) is 6.43. The molecule has 1 aliphatic rings. The van der Waals surface area contributed by atoms with Gasteiger partial charge in [0.1, 0.15) is 5.75 Å². The summed E-state index contributed by atoms with van der Waals surface area (Å²) in [4.78, 5) is 30.3. The number of carbonyl (C=O) groups is 2. The van der Waals surface area contributed by atoms with E-state index >= 15 is 0 Å². The van der Waals surface area contributed by atoms with Crippen molar-refractivity contribution in [1.29, 1.82) is 0 Å². The zero-order valence-corrected chi connectivity index (χ0v) is 14.9. The second kappa shape index (κ2) is 8.47. The molecule has 1 N–H and O–H groups in total. The van der Waals surface area contributed by atoms with Crippen LogP contribution in [0, 0.1) is 5.92 Å². The third-order valence-corrected chi connectivity index (χ3v) is 4.55. The first kappa shape index (κ1) is 17.9. The summed E-state index contributed by atoms with van der Waals surface area (Å²) in [6.07, 6.45) is 4.47. The maximum atomic E-state index is 12.4. The Hall–Kier alpha value is -2.89. The molecular formula is C20H23N3O3. The molecule has 2 aromatic rings. The summed E-state index contributed by atoms with van der Waals surface area (Å²) in [6.45, 7) is 1.52. The van der Waals surface area contributed by atoms with Crippen LogP contribution in [0.5, 0.6) is 5.75 Å². The van der Waals surface area contributed by atoms with Gasteiger partial charge in [0.15, 0.2) is 0 Å². The molecule has 1 atom stereocenters. The number of amides is 2. The zero-order valence-electron chi connectivity index (χ0n) is 14.9. The number of aromatic nitrogens is 1. The molecule has 1 fully saturated rings. The molecule has 0 bridgehead atoms. The van der Waals surface area contributed by atoms with Crippen molar-refractivity contribution < 1.29 is 14.3 Å². The third kappa shape index (κ3) is 4.59. The lowest BCUT2D eigenvalue weighted by molar-refractivity contribution is -0.129. The lowest BCUT2D eigenvalue weighted by atomic mass is 10.1. The van der Waals surface area contributed by atoms with Crippen LogP contribution in [-0.2, 0) is 22.6 Å².